The summed E-state index contributed by atoms with van der Waals surface area (Å²) in [6.07, 6.45) is 2.97. The zero-order chi connectivity index (χ0) is 10.4. The Morgan fingerprint density at radius 3 is 2.50 bits per heavy atom. The van der Waals surface area contributed by atoms with E-state index in [1.54, 1.807) is 0 Å². The van der Waals surface area contributed by atoms with E-state index < -0.39 is 0 Å². The van der Waals surface area contributed by atoms with Crippen LogP contribution in [0.4, 0.5) is 0 Å². The Bertz CT molecular complexity index is 302. The van der Waals surface area contributed by atoms with Crippen molar-refractivity contribution >= 4 is 31.9 Å². The molecule has 2 saturated carbocycles. The molecule has 0 amide bonds. The average molecular weight is 324 g/mol. The number of rotatable bonds is 1. The largest absolute Gasteiger partial charge is 0.366 e. The predicted octanol–water partition coefficient (Wildman–Crippen LogP) is 3.70. The van der Waals surface area contributed by atoms with Crippen LogP contribution < -0.4 is 0 Å². The van der Waals surface area contributed by atoms with Crippen LogP contribution >= 0.6 is 31.9 Å². The highest BCUT2D eigenvalue weighted by Crippen LogP contribution is 2.81. The third-order valence-electron chi connectivity index (χ3n) is 4.84. The SMILES string of the molecule is CC(C)[C@]12CC3C(Br)(Br)[C@]3(C)C[C@H]1O2. The molecule has 0 radical (unpaired) electrons. The van der Waals surface area contributed by atoms with Crippen LogP contribution in [0.2, 0.25) is 0 Å². The van der Waals surface area contributed by atoms with Crippen molar-refractivity contribution in [2.45, 2.75) is 48.6 Å². The van der Waals surface area contributed by atoms with Gasteiger partial charge in [-0.2, -0.15) is 0 Å². The second-order valence-corrected chi connectivity index (χ2v) is 9.28. The van der Waals surface area contributed by atoms with Gasteiger partial charge in [-0.1, -0.05) is 52.6 Å². The van der Waals surface area contributed by atoms with Crippen LogP contribution in [-0.2, 0) is 4.74 Å². The molecule has 0 N–H and O–H groups in total. The smallest absolute Gasteiger partial charge is 0.0974 e. The Hall–Kier alpha value is 0.920. The molecule has 3 heteroatoms. The molecule has 0 spiro atoms. The minimum Gasteiger partial charge on any atom is -0.366 e. The number of alkyl halides is 2. The van der Waals surface area contributed by atoms with Gasteiger partial charge in [0.15, 0.2) is 0 Å². The topological polar surface area (TPSA) is 12.5 Å². The molecule has 80 valence electrons. The van der Waals surface area contributed by atoms with E-state index in [0.717, 1.165) is 5.92 Å². The molecule has 2 aliphatic carbocycles. The van der Waals surface area contributed by atoms with Crippen molar-refractivity contribution < 1.29 is 4.74 Å². The maximum absolute atomic E-state index is 5.94. The molecule has 3 aliphatic rings. The highest BCUT2D eigenvalue weighted by molar-refractivity contribution is 9.25. The Morgan fingerprint density at radius 1 is 1.29 bits per heavy atom. The van der Waals surface area contributed by atoms with Crippen LogP contribution in [-0.4, -0.2) is 14.9 Å². The first-order valence-electron chi connectivity index (χ1n) is 5.40. The first-order valence-corrected chi connectivity index (χ1v) is 6.99. The van der Waals surface area contributed by atoms with Crippen molar-refractivity contribution in [2.24, 2.45) is 17.3 Å². The molecule has 3 rings (SSSR count). The lowest BCUT2D eigenvalue weighted by molar-refractivity contribution is 0.214. The third kappa shape index (κ3) is 0.910. The van der Waals surface area contributed by atoms with E-state index in [1.807, 2.05) is 0 Å². The molecule has 1 unspecified atom stereocenters. The third-order valence-corrected chi connectivity index (χ3v) is 7.76. The van der Waals surface area contributed by atoms with Crippen molar-refractivity contribution in [2.75, 3.05) is 0 Å². The summed E-state index contributed by atoms with van der Waals surface area (Å²) in [5, 5.41) is 0. The minimum atomic E-state index is 0.200. The summed E-state index contributed by atoms with van der Waals surface area (Å²) < 4.78 is 6.14. The van der Waals surface area contributed by atoms with Crippen molar-refractivity contribution in [3.8, 4) is 0 Å². The summed E-state index contributed by atoms with van der Waals surface area (Å²) in [6, 6.07) is 0. The molecule has 4 atom stereocenters. The van der Waals surface area contributed by atoms with Crippen LogP contribution in [0.15, 0.2) is 0 Å². The number of epoxide rings is 1. The molecule has 1 nitrogen and oxygen atoms in total. The molecule has 0 bridgehead atoms. The summed E-state index contributed by atoms with van der Waals surface area (Å²) in [7, 11) is 0. The van der Waals surface area contributed by atoms with Gasteiger partial charge in [-0.05, 0) is 24.7 Å². The molecule has 1 aliphatic heterocycles. The lowest BCUT2D eigenvalue weighted by atomic mass is 9.77. The zero-order valence-electron chi connectivity index (χ0n) is 8.81. The zero-order valence-corrected chi connectivity index (χ0v) is 12.0. The van der Waals surface area contributed by atoms with E-state index in [2.05, 4.69) is 52.6 Å². The molecule has 1 saturated heterocycles. The first kappa shape index (κ1) is 10.1. The van der Waals surface area contributed by atoms with E-state index >= 15 is 0 Å². The van der Waals surface area contributed by atoms with Crippen LogP contribution in [0.5, 0.6) is 0 Å². The number of fused-ring (bicyclic) bond motifs is 2. The molecule has 14 heavy (non-hydrogen) atoms. The monoisotopic (exact) mass is 322 g/mol. The highest BCUT2D eigenvalue weighted by atomic mass is 79.9. The van der Waals surface area contributed by atoms with Crippen molar-refractivity contribution in [1.29, 1.82) is 0 Å². The summed E-state index contributed by atoms with van der Waals surface area (Å²) in [4.78, 5) is 0. The van der Waals surface area contributed by atoms with Crippen LogP contribution in [0, 0.1) is 17.3 Å². The summed E-state index contributed by atoms with van der Waals surface area (Å²) >= 11 is 7.64. The van der Waals surface area contributed by atoms with Gasteiger partial charge in [0.05, 0.1) is 14.9 Å². The van der Waals surface area contributed by atoms with Gasteiger partial charge in [-0.3, -0.25) is 0 Å². The lowest BCUT2D eigenvalue weighted by Crippen LogP contribution is -2.29. The van der Waals surface area contributed by atoms with Gasteiger partial charge < -0.3 is 4.74 Å². The fourth-order valence-corrected chi connectivity index (χ4v) is 5.36. The van der Waals surface area contributed by atoms with Gasteiger partial charge >= 0.3 is 0 Å². The van der Waals surface area contributed by atoms with Gasteiger partial charge in [0.1, 0.15) is 0 Å². The second-order valence-electron chi connectivity index (χ2n) is 5.72. The number of halogens is 2. The normalized spacial score (nSPS) is 57.9. The number of hydrogen-bond acceptors (Lipinski definition) is 1. The standard InChI is InChI=1S/C11H16Br2O/c1-6(2)10-4-7-9(3,11(7,12)13)5-8(10)14-10/h6-8H,4-5H2,1-3H3/t7?,8-,9-,10-/m1/s1. The fourth-order valence-electron chi connectivity index (χ4n) is 3.38. The van der Waals surface area contributed by atoms with E-state index in [1.165, 1.54) is 12.8 Å². The molecular formula is C11H16Br2O. The minimum absolute atomic E-state index is 0.200. The van der Waals surface area contributed by atoms with Gasteiger partial charge in [-0.25, -0.2) is 0 Å². The molecule has 0 aromatic carbocycles. The highest BCUT2D eigenvalue weighted by Gasteiger charge is 2.81. The molecule has 0 aromatic rings. The predicted molar refractivity (Wildman–Crippen MR) is 63.9 cm³/mol. The van der Waals surface area contributed by atoms with Crippen molar-refractivity contribution in [3.05, 3.63) is 0 Å². The Labute approximate surface area is 102 Å². The Kier molecular flexibility index (Phi) is 1.75. The maximum Gasteiger partial charge on any atom is 0.0974 e. The van der Waals surface area contributed by atoms with Crippen molar-refractivity contribution in [3.63, 3.8) is 0 Å². The van der Waals surface area contributed by atoms with E-state index in [-0.39, 0.29) is 8.83 Å². The molecule has 3 fully saturated rings. The molecular weight excluding hydrogens is 308 g/mol. The van der Waals surface area contributed by atoms with Crippen LogP contribution in [0.25, 0.3) is 0 Å². The summed E-state index contributed by atoms with van der Waals surface area (Å²) in [6.45, 7) is 6.94. The van der Waals surface area contributed by atoms with E-state index in [9.17, 15) is 0 Å². The quantitative estimate of drug-likeness (QED) is 0.529. The first-order chi connectivity index (χ1) is 6.34. The van der Waals surface area contributed by atoms with Gasteiger partial charge in [0, 0.05) is 5.41 Å². The van der Waals surface area contributed by atoms with Crippen LogP contribution in [0.3, 0.4) is 0 Å². The molecule has 1 heterocycles. The summed E-state index contributed by atoms with van der Waals surface area (Å²) in [5.41, 5.74) is 0.653. The maximum atomic E-state index is 5.94. The van der Waals surface area contributed by atoms with Gasteiger partial charge in [-0.15, -0.1) is 0 Å². The number of ether oxygens (including phenoxy) is 1. The van der Waals surface area contributed by atoms with E-state index in [0.29, 0.717) is 17.4 Å². The lowest BCUT2D eigenvalue weighted by Gasteiger charge is -2.23. The van der Waals surface area contributed by atoms with Gasteiger partial charge in [0.25, 0.3) is 0 Å². The van der Waals surface area contributed by atoms with Crippen molar-refractivity contribution in [1.82, 2.24) is 0 Å². The molecule has 0 aromatic heterocycles. The fraction of sp³-hybridized carbons (Fsp3) is 1.00. The second kappa shape index (κ2) is 2.43. The van der Waals surface area contributed by atoms with Crippen LogP contribution in [0.1, 0.15) is 33.6 Å². The summed E-state index contributed by atoms with van der Waals surface area (Å²) in [5.74, 6) is 1.41. The Balaban J connectivity index is 1.87. The Morgan fingerprint density at radius 2 is 1.93 bits per heavy atom. The van der Waals surface area contributed by atoms with Gasteiger partial charge in [0.2, 0.25) is 0 Å². The average Bonchev–Trinajstić information content (AvgIpc) is 2.86. The number of hydrogen-bond donors (Lipinski definition) is 0. The van der Waals surface area contributed by atoms with E-state index in [4.69, 9.17) is 4.74 Å².